The molecule has 0 fully saturated rings. The smallest absolute Gasteiger partial charge is 0.334 e. The van der Waals surface area contributed by atoms with Crippen molar-refractivity contribution in [1.29, 1.82) is 0 Å². The number of hydrogen-bond acceptors (Lipinski definition) is 3. The number of hydrogen-bond donors (Lipinski definition) is 2. The molecular weight excluding hydrogens is 234 g/mol. The summed E-state index contributed by atoms with van der Waals surface area (Å²) in [5.74, 6) is -1.40. The van der Waals surface area contributed by atoms with Gasteiger partial charge in [0.1, 0.15) is 0 Å². The van der Waals surface area contributed by atoms with E-state index in [1.807, 2.05) is 19.1 Å². The third-order valence-electron chi connectivity index (χ3n) is 2.63. The van der Waals surface area contributed by atoms with Gasteiger partial charge in [0.15, 0.2) is 6.10 Å². The van der Waals surface area contributed by atoms with Crippen molar-refractivity contribution < 1.29 is 19.4 Å². The maximum atomic E-state index is 11.7. The quantitative estimate of drug-likeness (QED) is 0.793. The van der Waals surface area contributed by atoms with E-state index < -0.39 is 12.1 Å². The summed E-state index contributed by atoms with van der Waals surface area (Å²) in [4.78, 5) is 22.4. The fourth-order valence-corrected chi connectivity index (χ4v) is 1.45. The van der Waals surface area contributed by atoms with Crippen LogP contribution >= 0.6 is 0 Å². The Kier molecular flexibility index (Phi) is 5.32. The zero-order valence-electron chi connectivity index (χ0n) is 10.5. The lowest BCUT2D eigenvalue weighted by atomic mass is 10.1. The maximum absolute atomic E-state index is 11.7. The van der Waals surface area contributed by atoms with Gasteiger partial charge < -0.3 is 15.2 Å². The van der Waals surface area contributed by atoms with Gasteiger partial charge >= 0.3 is 5.97 Å². The molecule has 1 atom stereocenters. The number of aryl methyl sites for hydroxylation is 1. The molecule has 0 saturated heterocycles. The summed E-state index contributed by atoms with van der Waals surface area (Å²) in [6, 6.07) is 7.19. The van der Waals surface area contributed by atoms with Crippen LogP contribution in [0, 0.1) is 0 Å². The van der Waals surface area contributed by atoms with E-state index in [1.165, 1.54) is 7.11 Å². The van der Waals surface area contributed by atoms with Crippen LogP contribution in [0.2, 0.25) is 0 Å². The Labute approximate surface area is 106 Å². The highest BCUT2D eigenvalue weighted by molar-refractivity contribution is 5.94. The van der Waals surface area contributed by atoms with E-state index in [2.05, 4.69) is 5.32 Å². The molecule has 1 amide bonds. The molecule has 0 spiro atoms. The van der Waals surface area contributed by atoms with Crippen LogP contribution in [0.1, 0.15) is 22.8 Å². The zero-order valence-corrected chi connectivity index (χ0v) is 10.5. The number of amides is 1. The van der Waals surface area contributed by atoms with E-state index in [-0.39, 0.29) is 12.5 Å². The first-order chi connectivity index (χ1) is 8.58. The molecule has 5 heteroatoms. The Hall–Kier alpha value is -1.88. The third-order valence-corrected chi connectivity index (χ3v) is 2.63. The molecule has 0 bridgehead atoms. The number of carbonyl (C=O) groups is 2. The number of carboxylic acid groups (broad SMARTS) is 1. The number of aliphatic carboxylic acids is 1. The lowest BCUT2D eigenvalue weighted by Crippen LogP contribution is -2.37. The van der Waals surface area contributed by atoms with E-state index in [0.29, 0.717) is 5.56 Å². The molecule has 0 saturated carbocycles. The molecule has 1 unspecified atom stereocenters. The largest absolute Gasteiger partial charge is 0.479 e. The van der Waals surface area contributed by atoms with E-state index in [1.54, 1.807) is 12.1 Å². The molecule has 5 nitrogen and oxygen atoms in total. The molecule has 0 aliphatic heterocycles. The van der Waals surface area contributed by atoms with Gasteiger partial charge in [-0.3, -0.25) is 4.79 Å². The molecular formula is C13H17NO4. The van der Waals surface area contributed by atoms with Crippen molar-refractivity contribution in [3.05, 3.63) is 35.4 Å². The van der Waals surface area contributed by atoms with Gasteiger partial charge in [-0.25, -0.2) is 4.79 Å². The first kappa shape index (κ1) is 14.2. The number of carboxylic acids is 1. The van der Waals surface area contributed by atoms with Crippen molar-refractivity contribution >= 4 is 11.9 Å². The Balaban J connectivity index is 2.56. The van der Waals surface area contributed by atoms with Crippen LogP contribution < -0.4 is 5.32 Å². The van der Waals surface area contributed by atoms with Gasteiger partial charge in [-0.2, -0.15) is 0 Å². The van der Waals surface area contributed by atoms with Crippen LogP contribution in [-0.2, 0) is 16.0 Å². The molecule has 0 aliphatic carbocycles. The lowest BCUT2D eigenvalue weighted by Gasteiger charge is -2.11. The predicted molar refractivity (Wildman–Crippen MR) is 66.6 cm³/mol. The lowest BCUT2D eigenvalue weighted by molar-refractivity contribution is -0.148. The zero-order chi connectivity index (χ0) is 13.5. The molecule has 1 aromatic rings. The summed E-state index contributed by atoms with van der Waals surface area (Å²) in [5, 5.41) is 11.3. The standard InChI is InChI=1S/C13H17NO4/c1-3-9-4-6-10(7-5-9)12(15)14-8-11(18-2)13(16)17/h4-7,11H,3,8H2,1-2H3,(H,14,15)(H,16,17). The third kappa shape index (κ3) is 3.85. The highest BCUT2D eigenvalue weighted by atomic mass is 16.5. The molecule has 0 radical (unpaired) electrons. The first-order valence-corrected chi connectivity index (χ1v) is 5.71. The fourth-order valence-electron chi connectivity index (χ4n) is 1.45. The molecule has 0 aromatic heterocycles. The molecule has 1 aromatic carbocycles. The Morgan fingerprint density at radius 3 is 2.39 bits per heavy atom. The predicted octanol–water partition coefficient (Wildman–Crippen LogP) is 1.08. The number of nitrogens with one attached hydrogen (secondary N) is 1. The Bertz CT molecular complexity index is 414. The van der Waals surface area contributed by atoms with Crippen LogP contribution in [0.25, 0.3) is 0 Å². The van der Waals surface area contributed by atoms with Crippen molar-refractivity contribution in [1.82, 2.24) is 5.32 Å². The van der Waals surface area contributed by atoms with Crippen LogP contribution in [0.5, 0.6) is 0 Å². The van der Waals surface area contributed by atoms with E-state index in [9.17, 15) is 9.59 Å². The van der Waals surface area contributed by atoms with Gasteiger partial charge in [-0.15, -0.1) is 0 Å². The summed E-state index contributed by atoms with van der Waals surface area (Å²) in [5.41, 5.74) is 1.65. The van der Waals surface area contributed by atoms with Crippen LogP contribution in [-0.4, -0.2) is 36.7 Å². The molecule has 18 heavy (non-hydrogen) atoms. The average Bonchev–Trinajstić information content (AvgIpc) is 2.39. The minimum Gasteiger partial charge on any atom is -0.479 e. The SMILES string of the molecule is CCc1ccc(C(=O)NCC(OC)C(=O)O)cc1. The van der Waals surface area contributed by atoms with Crippen LogP contribution in [0.3, 0.4) is 0 Å². The second-order valence-electron chi connectivity index (χ2n) is 3.82. The van der Waals surface area contributed by atoms with Gasteiger partial charge in [0, 0.05) is 12.7 Å². The highest BCUT2D eigenvalue weighted by Crippen LogP contribution is 2.05. The fraction of sp³-hybridized carbons (Fsp3) is 0.385. The second-order valence-corrected chi connectivity index (χ2v) is 3.82. The van der Waals surface area contributed by atoms with Crippen molar-refractivity contribution in [2.45, 2.75) is 19.4 Å². The van der Waals surface area contributed by atoms with Crippen molar-refractivity contribution in [2.24, 2.45) is 0 Å². The number of ether oxygens (including phenoxy) is 1. The molecule has 0 aliphatic rings. The number of rotatable bonds is 6. The molecule has 0 heterocycles. The second kappa shape index (κ2) is 6.76. The van der Waals surface area contributed by atoms with Crippen molar-refractivity contribution in [2.75, 3.05) is 13.7 Å². The van der Waals surface area contributed by atoms with Gasteiger partial charge in [0.05, 0.1) is 6.54 Å². The Morgan fingerprint density at radius 1 is 1.33 bits per heavy atom. The van der Waals surface area contributed by atoms with Crippen molar-refractivity contribution in [3.63, 3.8) is 0 Å². The monoisotopic (exact) mass is 251 g/mol. The summed E-state index contributed by atoms with van der Waals surface area (Å²) in [6.45, 7) is 1.98. The van der Waals surface area contributed by atoms with Gasteiger partial charge in [0.2, 0.25) is 0 Å². The first-order valence-electron chi connectivity index (χ1n) is 5.71. The summed E-state index contributed by atoms with van der Waals surface area (Å²) >= 11 is 0. The average molecular weight is 251 g/mol. The summed E-state index contributed by atoms with van der Waals surface area (Å²) < 4.78 is 4.72. The molecule has 1 rings (SSSR count). The number of carbonyl (C=O) groups excluding carboxylic acids is 1. The van der Waals surface area contributed by atoms with E-state index in [4.69, 9.17) is 9.84 Å². The van der Waals surface area contributed by atoms with Gasteiger partial charge in [-0.05, 0) is 24.1 Å². The molecule has 2 N–H and O–H groups in total. The molecule has 98 valence electrons. The minimum atomic E-state index is -1.10. The van der Waals surface area contributed by atoms with E-state index >= 15 is 0 Å². The topological polar surface area (TPSA) is 75.6 Å². The Morgan fingerprint density at radius 2 is 1.94 bits per heavy atom. The number of methoxy groups -OCH3 is 1. The van der Waals surface area contributed by atoms with E-state index in [0.717, 1.165) is 12.0 Å². The van der Waals surface area contributed by atoms with Crippen LogP contribution in [0.4, 0.5) is 0 Å². The maximum Gasteiger partial charge on any atom is 0.334 e. The van der Waals surface area contributed by atoms with Crippen molar-refractivity contribution in [3.8, 4) is 0 Å². The highest BCUT2D eigenvalue weighted by Gasteiger charge is 2.17. The van der Waals surface area contributed by atoms with Crippen LogP contribution in [0.15, 0.2) is 24.3 Å². The summed E-state index contributed by atoms with van der Waals surface area (Å²) in [7, 11) is 1.29. The normalized spacial score (nSPS) is 11.9. The number of benzene rings is 1. The summed E-state index contributed by atoms with van der Waals surface area (Å²) in [6.07, 6.45) is -0.115. The van der Waals surface area contributed by atoms with Gasteiger partial charge in [-0.1, -0.05) is 19.1 Å². The minimum absolute atomic E-state index is 0.0554. The van der Waals surface area contributed by atoms with Gasteiger partial charge in [0.25, 0.3) is 5.91 Å².